The van der Waals surface area contributed by atoms with E-state index in [0.717, 1.165) is 55.3 Å². The van der Waals surface area contributed by atoms with Gasteiger partial charge >= 0.3 is 6.09 Å². The summed E-state index contributed by atoms with van der Waals surface area (Å²) in [7, 11) is -2.70. The number of hydrogen-bond acceptors (Lipinski definition) is 4. The van der Waals surface area contributed by atoms with Gasteiger partial charge in [0.15, 0.2) is 0 Å². The minimum atomic E-state index is -2.70. The molecule has 0 aromatic heterocycles. The highest BCUT2D eigenvalue weighted by molar-refractivity contribution is 7.98. The molecular weight excluding hydrogens is 446 g/mol. The van der Waals surface area contributed by atoms with Gasteiger partial charge in [0.2, 0.25) is 0 Å². The van der Waals surface area contributed by atoms with E-state index < -0.39 is 9.71 Å². The Morgan fingerprint density at radius 3 is 2.47 bits per heavy atom. The third kappa shape index (κ3) is 5.80. The van der Waals surface area contributed by atoms with Gasteiger partial charge < -0.3 is 9.64 Å². The molecular formula is C27H43N3O3S. The first-order valence-corrected chi connectivity index (χ1v) is 14.7. The first kappa shape index (κ1) is 25.5. The molecule has 190 valence electrons. The van der Waals surface area contributed by atoms with E-state index >= 15 is 0 Å². The standard InChI is InChI=1S/C27H43N3O3S/c1-20(2)26-8-6-7-24(30(26)34(5,32)25-13-9-21(3)10-14-25)19-33-27(31)29-16-15-28(17-22(29)4)18-23-11-12-23/h9-10,13-14,20,22-24,26H,5-8,11-12,15-19H2,1-4H3. The quantitative estimate of drug-likeness (QED) is 0.532. The summed E-state index contributed by atoms with van der Waals surface area (Å²) in [6, 6.07) is 8.05. The fourth-order valence-corrected chi connectivity index (χ4v) is 7.83. The molecule has 0 spiro atoms. The van der Waals surface area contributed by atoms with Gasteiger partial charge in [-0.2, -0.15) is 0 Å². The van der Waals surface area contributed by atoms with E-state index in [1.54, 1.807) is 0 Å². The van der Waals surface area contributed by atoms with Gasteiger partial charge in [0.1, 0.15) is 6.61 Å². The highest BCUT2D eigenvalue weighted by Gasteiger charge is 2.39. The fraction of sp³-hybridized carbons (Fsp3) is 0.704. The van der Waals surface area contributed by atoms with Gasteiger partial charge in [-0.3, -0.25) is 4.90 Å². The van der Waals surface area contributed by atoms with Gasteiger partial charge in [-0.05, 0) is 69.4 Å². The molecule has 2 heterocycles. The molecule has 4 unspecified atom stereocenters. The maximum Gasteiger partial charge on any atom is 0.410 e. The minimum absolute atomic E-state index is 0.0946. The summed E-state index contributed by atoms with van der Waals surface area (Å²) in [5, 5.41) is 0. The lowest BCUT2D eigenvalue weighted by molar-refractivity contribution is 0.0294. The van der Waals surface area contributed by atoms with Crippen LogP contribution in [0.1, 0.15) is 58.4 Å². The van der Waals surface area contributed by atoms with Crippen molar-refractivity contribution >= 4 is 21.7 Å². The number of ether oxygens (including phenoxy) is 1. The van der Waals surface area contributed by atoms with Gasteiger partial charge in [-0.15, -0.1) is 0 Å². The average molecular weight is 490 g/mol. The zero-order valence-electron chi connectivity index (χ0n) is 21.4. The number of hydrogen-bond donors (Lipinski definition) is 0. The van der Waals surface area contributed by atoms with E-state index in [9.17, 15) is 9.00 Å². The lowest BCUT2D eigenvalue weighted by Crippen LogP contribution is -2.56. The van der Waals surface area contributed by atoms with Crippen molar-refractivity contribution in [3.05, 3.63) is 29.8 Å². The predicted molar refractivity (Wildman–Crippen MR) is 139 cm³/mol. The van der Waals surface area contributed by atoms with E-state index in [-0.39, 0.29) is 30.8 Å². The SMILES string of the molecule is C=S(=O)(c1ccc(C)cc1)N1C(COC(=O)N2CCN(CC3CC3)CC2C)CCCC1C(C)C. The molecule has 1 aromatic rings. The zero-order chi connectivity index (χ0) is 24.5. The van der Waals surface area contributed by atoms with Crippen molar-refractivity contribution in [3.63, 3.8) is 0 Å². The Morgan fingerprint density at radius 2 is 1.85 bits per heavy atom. The van der Waals surface area contributed by atoms with Crippen molar-refractivity contribution in [2.24, 2.45) is 11.8 Å². The fourth-order valence-electron chi connectivity index (χ4n) is 5.59. The summed E-state index contributed by atoms with van der Waals surface area (Å²) in [5.74, 6) is 5.44. The van der Waals surface area contributed by atoms with E-state index in [2.05, 4.69) is 35.8 Å². The van der Waals surface area contributed by atoms with E-state index in [1.807, 2.05) is 36.1 Å². The number of amides is 1. The van der Waals surface area contributed by atoms with Crippen molar-refractivity contribution in [3.8, 4) is 0 Å². The van der Waals surface area contributed by atoms with Crippen LogP contribution >= 0.6 is 0 Å². The molecule has 4 rings (SSSR count). The van der Waals surface area contributed by atoms with Crippen LogP contribution in [0.3, 0.4) is 0 Å². The van der Waals surface area contributed by atoms with Crippen molar-refractivity contribution in [2.75, 3.05) is 32.8 Å². The number of carbonyl (C=O) groups excluding carboxylic acids is 1. The van der Waals surface area contributed by atoms with E-state index in [1.165, 1.54) is 12.8 Å². The van der Waals surface area contributed by atoms with Crippen molar-refractivity contribution in [2.45, 2.75) is 82.8 Å². The molecule has 0 N–H and O–H groups in total. The predicted octanol–water partition coefficient (Wildman–Crippen LogP) is 4.42. The molecule has 7 heteroatoms. The van der Waals surface area contributed by atoms with Crippen LogP contribution < -0.4 is 0 Å². The van der Waals surface area contributed by atoms with E-state index in [0.29, 0.717) is 12.5 Å². The molecule has 1 amide bonds. The van der Waals surface area contributed by atoms with Crippen LogP contribution in [0, 0.1) is 18.8 Å². The van der Waals surface area contributed by atoms with Crippen LogP contribution in [0.15, 0.2) is 29.2 Å². The number of benzene rings is 1. The Hall–Kier alpha value is -1.57. The highest BCUT2D eigenvalue weighted by Crippen LogP contribution is 2.34. The van der Waals surface area contributed by atoms with Crippen LogP contribution in [0.2, 0.25) is 0 Å². The molecule has 1 aromatic carbocycles. The van der Waals surface area contributed by atoms with Crippen molar-refractivity contribution in [1.82, 2.24) is 14.1 Å². The second-order valence-electron chi connectivity index (χ2n) is 11.0. The smallest absolute Gasteiger partial charge is 0.410 e. The summed E-state index contributed by atoms with van der Waals surface area (Å²) in [5.41, 5.74) is 1.13. The van der Waals surface area contributed by atoms with E-state index in [4.69, 9.17) is 4.74 Å². The molecule has 2 saturated heterocycles. The van der Waals surface area contributed by atoms with Gasteiger partial charge in [-0.1, -0.05) is 38.0 Å². The average Bonchev–Trinajstić information content (AvgIpc) is 3.61. The minimum Gasteiger partial charge on any atom is -0.448 e. The summed E-state index contributed by atoms with van der Waals surface area (Å²) < 4.78 is 22.2. The van der Waals surface area contributed by atoms with Crippen LogP contribution in [0.25, 0.3) is 0 Å². The number of aryl methyl sites for hydroxylation is 1. The lowest BCUT2D eigenvalue weighted by atomic mass is 9.91. The van der Waals surface area contributed by atoms with Crippen molar-refractivity contribution < 1.29 is 13.7 Å². The van der Waals surface area contributed by atoms with Crippen LogP contribution in [0.4, 0.5) is 4.79 Å². The van der Waals surface area contributed by atoms with Crippen LogP contribution in [-0.4, -0.2) is 81.2 Å². The molecule has 2 aliphatic heterocycles. The Balaban J connectivity index is 1.43. The second kappa shape index (κ2) is 10.6. The maximum absolute atomic E-state index is 14.2. The third-order valence-corrected chi connectivity index (χ3v) is 10.0. The first-order chi connectivity index (χ1) is 16.2. The van der Waals surface area contributed by atoms with Gasteiger partial charge in [0.05, 0.1) is 15.7 Å². The Morgan fingerprint density at radius 1 is 1.15 bits per heavy atom. The normalized spacial score (nSPS) is 28.6. The summed E-state index contributed by atoms with van der Waals surface area (Å²) in [6.45, 7) is 12.5. The Bertz CT molecular complexity index is 942. The van der Waals surface area contributed by atoms with Gasteiger partial charge in [0.25, 0.3) is 0 Å². The Labute approximate surface area is 206 Å². The topological polar surface area (TPSA) is 53.1 Å². The first-order valence-electron chi connectivity index (χ1n) is 13.0. The molecule has 3 aliphatic rings. The summed E-state index contributed by atoms with van der Waals surface area (Å²) in [6.07, 6.45) is 5.35. The largest absolute Gasteiger partial charge is 0.448 e. The number of carbonyl (C=O) groups is 1. The summed E-state index contributed by atoms with van der Waals surface area (Å²) >= 11 is 0. The molecule has 0 bridgehead atoms. The van der Waals surface area contributed by atoms with Gasteiger partial charge in [0, 0.05) is 43.2 Å². The third-order valence-electron chi connectivity index (χ3n) is 7.78. The van der Waals surface area contributed by atoms with Gasteiger partial charge in [-0.25, -0.2) is 13.3 Å². The zero-order valence-corrected chi connectivity index (χ0v) is 22.3. The summed E-state index contributed by atoms with van der Waals surface area (Å²) in [4.78, 5) is 18.2. The molecule has 1 aliphatic carbocycles. The monoisotopic (exact) mass is 489 g/mol. The maximum atomic E-state index is 14.2. The van der Waals surface area contributed by atoms with Crippen molar-refractivity contribution in [1.29, 1.82) is 0 Å². The molecule has 4 atom stereocenters. The number of piperidine rings is 1. The molecule has 1 saturated carbocycles. The molecule has 34 heavy (non-hydrogen) atoms. The molecule has 3 fully saturated rings. The number of rotatable bonds is 7. The second-order valence-corrected chi connectivity index (χ2v) is 13.2. The highest BCUT2D eigenvalue weighted by atomic mass is 32.2. The number of piperazine rings is 1. The molecule has 6 nitrogen and oxygen atoms in total. The lowest BCUT2D eigenvalue weighted by Gasteiger charge is -2.45. The Kier molecular flexibility index (Phi) is 7.95. The van der Waals surface area contributed by atoms with Crippen LogP contribution in [0.5, 0.6) is 0 Å². The molecule has 0 radical (unpaired) electrons. The number of nitrogens with zero attached hydrogens (tertiary/aromatic N) is 3. The van der Waals surface area contributed by atoms with Crippen LogP contribution in [-0.2, 0) is 14.4 Å².